The summed E-state index contributed by atoms with van der Waals surface area (Å²) in [5.41, 5.74) is 1.04. The number of rotatable bonds is 3. The van der Waals surface area contributed by atoms with E-state index in [0.717, 1.165) is 29.6 Å². The van der Waals surface area contributed by atoms with Gasteiger partial charge in [-0.05, 0) is 28.8 Å². The molecule has 0 saturated carbocycles. The van der Waals surface area contributed by atoms with Crippen LogP contribution in [0, 0.1) is 0 Å². The summed E-state index contributed by atoms with van der Waals surface area (Å²) in [4.78, 5) is 0. The van der Waals surface area contributed by atoms with Gasteiger partial charge in [0.05, 0.1) is 10.2 Å². The van der Waals surface area contributed by atoms with Crippen LogP contribution in [-0.4, -0.2) is 9.78 Å². The molecule has 2 nitrogen and oxygen atoms in total. The Kier molecular flexibility index (Phi) is 3.59. The fraction of sp³-hybridized carbons (Fsp3) is 0.625. The number of aryl methyl sites for hydroxylation is 2. The third kappa shape index (κ3) is 1.83. The summed E-state index contributed by atoms with van der Waals surface area (Å²) in [7, 11) is 0. The monoisotopic (exact) mass is 250 g/mol. The maximum atomic E-state index is 6.03. The summed E-state index contributed by atoms with van der Waals surface area (Å²) < 4.78 is 2.78. The minimum Gasteiger partial charge on any atom is -0.253 e. The molecular formula is C8H12BrClN2. The van der Waals surface area contributed by atoms with Gasteiger partial charge in [-0.25, -0.2) is 0 Å². The maximum Gasteiger partial charge on any atom is 0.141 e. The van der Waals surface area contributed by atoms with Crippen molar-refractivity contribution >= 4 is 27.5 Å². The van der Waals surface area contributed by atoms with Crippen LogP contribution in [0.25, 0.3) is 0 Å². The summed E-state index contributed by atoms with van der Waals surface area (Å²) in [6.45, 7) is 5.06. The highest BCUT2D eigenvalue weighted by atomic mass is 79.9. The fourth-order valence-electron chi connectivity index (χ4n) is 1.05. The molecule has 0 fully saturated rings. The fourth-order valence-corrected chi connectivity index (χ4v) is 1.85. The zero-order valence-corrected chi connectivity index (χ0v) is 9.61. The van der Waals surface area contributed by atoms with Crippen molar-refractivity contribution in [2.75, 3.05) is 0 Å². The van der Waals surface area contributed by atoms with Crippen molar-refractivity contribution in [1.82, 2.24) is 9.78 Å². The van der Waals surface area contributed by atoms with Crippen molar-refractivity contribution in [2.24, 2.45) is 0 Å². The van der Waals surface area contributed by atoms with Gasteiger partial charge < -0.3 is 0 Å². The molecule has 0 radical (unpaired) electrons. The van der Waals surface area contributed by atoms with Crippen LogP contribution in [0.3, 0.4) is 0 Å². The molecule has 1 aromatic heterocycles. The van der Waals surface area contributed by atoms with E-state index in [1.165, 1.54) is 0 Å². The van der Waals surface area contributed by atoms with Gasteiger partial charge in [0, 0.05) is 6.54 Å². The Morgan fingerprint density at radius 2 is 2.17 bits per heavy atom. The van der Waals surface area contributed by atoms with E-state index in [-0.39, 0.29) is 0 Å². The van der Waals surface area contributed by atoms with E-state index in [9.17, 15) is 0 Å². The molecule has 0 saturated heterocycles. The van der Waals surface area contributed by atoms with Gasteiger partial charge in [-0.1, -0.05) is 25.4 Å². The molecule has 4 heteroatoms. The van der Waals surface area contributed by atoms with Gasteiger partial charge in [-0.3, -0.25) is 4.68 Å². The first-order chi connectivity index (χ1) is 5.70. The van der Waals surface area contributed by atoms with Crippen LogP contribution in [0.2, 0.25) is 5.15 Å². The van der Waals surface area contributed by atoms with Crippen LogP contribution >= 0.6 is 27.5 Å². The first kappa shape index (κ1) is 10.1. The van der Waals surface area contributed by atoms with E-state index < -0.39 is 0 Å². The van der Waals surface area contributed by atoms with E-state index in [4.69, 9.17) is 11.6 Å². The van der Waals surface area contributed by atoms with E-state index in [1.54, 1.807) is 0 Å². The molecule has 1 heterocycles. The van der Waals surface area contributed by atoms with Crippen LogP contribution in [0.15, 0.2) is 4.47 Å². The molecule has 1 rings (SSSR count). The van der Waals surface area contributed by atoms with Gasteiger partial charge in [0.25, 0.3) is 0 Å². The summed E-state index contributed by atoms with van der Waals surface area (Å²) in [5, 5.41) is 5.07. The van der Waals surface area contributed by atoms with Crippen LogP contribution in [0.1, 0.15) is 26.0 Å². The first-order valence-corrected chi connectivity index (χ1v) is 5.28. The van der Waals surface area contributed by atoms with E-state index in [1.807, 2.05) is 4.68 Å². The van der Waals surface area contributed by atoms with E-state index in [2.05, 4.69) is 34.9 Å². The second-order valence-electron chi connectivity index (χ2n) is 2.63. The summed E-state index contributed by atoms with van der Waals surface area (Å²) >= 11 is 9.44. The van der Waals surface area contributed by atoms with Crippen LogP contribution in [-0.2, 0) is 13.0 Å². The Labute approximate surface area is 86.0 Å². The summed E-state index contributed by atoms with van der Waals surface area (Å²) in [6, 6.07) is 0. The third-order valence-corrected chi connectivity index (χ3v) is 3.12. The van der Waals surface area contributed by atoms with Gasteiger partial charge in [0.15, 0.2) is 0 Å². The summed E-state index contributed by atoms with van der Waals surface area (Å²) in [6.07, 6.45) is 1.97. The molecule has 0 aromatic carbocycles. The predicted octanol–water partition coefficient (Wildman–Crippen LogP) is 3.27. The van der Waals surface area contributed by atoms with Crippen molar-refractivity contribution in [2.45, 2.75) is 33.2 Å². The average molecular weight is 252 g/mol. The molecule has 0 unspecified atom stereocenters. The second kappa shape index (κ2) is 4.28. The average Bonchev–Trinajstić information content (AvgIpc) is 2.33. The molecule has 0 spiro atoms. The van der Waals surface area contributed by atoms with E-state index >= 15 is 0 Å². The molecule has 0 aliphatic carbocycles. The Bertz CT molecular complexity index is 270. The van der Waals surface area contributed by atoms with Gasteiger partial charge in [-0.15, -0.1) is 0 Å². The van der Waals surface area contributed by atoms with Gasteiger partial charge in [0.2, 0.25) is 0 Å². The number of hydrogen-bond donors (Lipinski definition) is 0. The Balaban J connectivity index is 2.98. The molecule has 0 amide bonds. The van der Waals surface area contributed by atoms with Gasteiger partial charge >= 0.3 is 0 Å². The Morgan fingerprint density at radius 3 is 2.58 bits per heavy atom. The molecule has 0 bridgehead atoms. The SMILES string of the molecule is CCCn1nc(CC)c(Br)c1Cl. The van der Waals surface area contributed by atoms with Crippen molar-refractivity contribution in [3.8, 4) is 0 Å². The zero-order chi connectivity index (χ0) is 9.14. The van der Waals surface area contributed by atoms with Crippen LogP contribution in [0.4, 0.5) is 0 Å². The normalized spacial score (nSPS) is 10.7. The van der Waals surface area contributed by atoms with Gasteiger partial charge in [-0.2, -0.15) is 5.10 Å². The molecule has 68 valence electrons. The quantitative estimate of drug-likeness (QED) is 0.806. The number of halogens is 2. The highest BCUT2D eigenvalue weighted by molar-refractivity contribution is 9.10. The molecule has 0 aliphatic heterocycles. The molecule has 12 heavy (non-hydrogen) atoms. The smallest absolute Gasteiger partial charge is 0.141 e. The third-order valence-electron chi connectivity index (χ3n) is 1.67. The van der Waals surface area contributed by atoms with Crippen molar-refractivity contribution < 1.29 is 0 Å². The maximum absolute atomic E-state index is 6.03. The van der Waals surface area contributed by atoms with Crippen molar-refractivity contribution in [1.29, 1.82) is 0 Å². The molecular weight excluding hydrogens is 239 g/mol. The number of aromatic nitrogens is 2. The lowest BCUT2D eigenvalue weighted by molar-refractivity contribution is 0.596. The highest BCUT2D eigenvalue weighted by Crippen LogP contribution is 2.26. The largest absolute Gasteiger partial charge is 0.253 e. The molecule has 0 atom stereocenters. The molecule has 1 aromatic rings. The molecule has 0 aliphatic rings. The molecule has 0 N–H and O–H groups in total. The number of hydrogen-bond acceptors (Lipinski definition) is 1. The first-order valence-electron chi connectivity index (χ1n) is 4.11. The Morgan fingerprint density at radius 1 is 1.50 bits per heavy atom. The highest BCUT2D eigenvalue weighted by Gasteiger charge is 2.11. The second-order valence-corrected chi connectivity index (χ2v) is 3.78. The van der Waals surface area contributed by atoms with Crippen LogP contribution < -0.4 is 0 Å². The standard InChI is InChI=1S/C8H12BrClN2/c1-3-5-12-8(10)7(9)6(4-2)11-12/h3-5H2,1-2H3. The van der Waals surface area contributed by atoms with Crippen molar-refractivity contribution in [3.05, 3.63) is 15.3 Å². The van der Waals surface area contributed by atoms with E-state index in [0.29, 0.717) is 5.15 Å². The topological polar surface area (TPSA) is 17.8 Å². The Hall–Kier alpha value is -0.0200. The lowest BCUT2D eigenvalue weighted by Crippen LogP contribution is -1.99. The van der Waals surface area contributed by atoms with Gasteiger partial charge in [0.1, 0.15) is 5.15 Å². The lowest BCUT2D eigenvalue weighted by atomic mass is 10.3. The van der Waals surface area contributed by atoms with Crippen molar-refractivity contribution in [3.63, 3.8) is 0 Å². The minimum absolute atomic E-state index is 0.716. The predicted molar refractivity (Wildman–Crippen MR) is 54.6 cm³/mol. The lowest BCUT2D eigenvalue weighted by Gasteiger charge is -1.97. The minimum atomic E-state index is 0.716. The summed E-state index contributed by atoms with van der Waals surface area (Å²) in [5.74, 6) is 0. The zero-order valence-electron chi connectivity index (χ0n) is 7.27. The number of nitrogens with zero attached hydrogens (tertiary/aromatic N) is 2. The van der Waals surface area contributed by atoms with Crippen LogP contribution in [0.5, 0.6) is 0 Å².